The van der Waals surface area contributed by atoms with E-state index < -0.39 is 5.82 Å². The number of hydrogen-bond donors (Lipinski definition) is 0. The molecule has 0 aliphatic carbocycles. The van der Waals surface area contributed by atoms with Crippen molar-refractivity contribution in [2.45, 2.75) is 43.7 Å². The third-order valence-corrected chi connectivity index (χ3v) is 10.1. The van der Waals surface area contributed by atoms with Gasteiger partial charge in [-0.2, -0.15) is 9.97 Å². The molecule has 0 saturated carbocycles. The summed E-state index contributed by atoms with van der Waals surface area (Å²) in [4.78, 5) is 32.6. The number of aromatic nitrogens is 3. The van der Waals surface area contributed by atoms with E-state index in [2.05, 4.69) is 21.4 Å². The Morgan fingerprint density at radius 3 is 2.77 bits per heavy atom. The van der Waals surface area contributed by atoms with Gasteiger partial charge in [-0.05, 0) is 68.8 Å². The fourth-order valence-corrected chi connectivity index (χ4v) is 7.91. The van der Waals surface area contributed by atoms with Gasteiger partial charge in [0.25, 0.3) is 0 Å². The Balaban J connectivity index is 1.33. The second-order valence-corrected chi connectivity index (χ2v) is 12.9. The number of nitrogens with zero attached hydrogens (tertiary/aromatic N) is 6. The van der Waals surface area contributed by atoms with Gasteiger partial charge in [0.1, 0.15) is 23.6 Å². The molecule has 3 saturated heterocycles. The zero-order chi connectivity index (χ0) is 30.6. The Bertz CT molecular complexity index is 1790. The van der Waals surface area contributed by atoms with Crippen LogP contribution >= 0.6 is 23.2 Å². The van der Waals surface area contributed by atoms with Gasteiger partial charge in [-0.1, -0.05) is 48.0 Å². The average Bonchev–Trinajstić information content (AvgIpc) is 3.76. The summed E-state index contributed by atoms with van der Waals surface area (Å²) in [5.41, 5.74) is 0.767. The van der Waals surface area contributed by atoms with Crippen molar-refractivity contribution in [2.75, 3.05) is 44.7 Å². The summed E-state index contributed by atoms with van der Waals surface area (Å²) in [5, 5.41) is 2.81. The van der Waals surface area contributed by atoms with E-state index in [1.165, 1.54) is 6.08 Å². The van der Waals surface area contributed by atoms with Crippen LogP contribution in [0.3, 0.4) is 0 Å². The fraction of sp³-hybridized carbons (Fsp3) is 0.394. The molecule has 44 heavy (non-hydrogen) atoms. The molecule has 5 heterocycles. The standard InChI is InChI=1S/C33H33Cl2FN6O2/c1-3-26(43)41-14-9-22(18-41)40(2)31-24-17-37-29(23-8-4-7-20-15-21(34)16-25(35)27(20)23)28(36)30(24)38-32(39-31)44-19-33-10-5-12-42(33)13-6-11-33/h3-4,7-8,15-17,22H,1,5-6,9-14,18-19H2,2H3. The molecule has 4 aromatic rings. The van der Waals surface area contributed by atoms with Crippen LogP contribution in [0.25, 0.3) is 32.9 Å². The van der Waals surface area contributed by atoms with Crippen molar-refractivity contribution in [1.29, 1.82) is 0 Å². The molecular weight excluding hydrogens is 602 g/mol. The number of ether oxygens (including phenoxy) is 1. The molecular formula is C33H33Cl2FN6O2. The van der Waals surface area contributed by atoms with Crippen molar-refractivity contribution in [3.63, 3.8) is 0 Å². The van der Waals surface area contributed by atoms with E-state index in [0.29, 0.717) is 51.9 Å². The SMILES string of the molecule is C=CC(=O)N1CCC(N(C)c2nc(OCC34CCCN3CCC4)nc3c(F)c(-c4cccc5cc(Cl)cc(Cl)c45)ncc23)C1. The van der Waals surface area contributed by atoms with Gasteiger partial charge in [-0.15, -0.1) is 0 Å². The Morgan fingerprint density at radius 1 is 1.20 bits per heavy atom. The maximum atomic E-state index is 16.7. The highest BCUT2D eigenvalue weighted by Gasteiger charge is 2.45. The zero-order valence-electron chi connectivity index (χ0n) is 24.5. The lowest BCUT2D eigenvalue weighted by atomic mass is 9.95. The Hall–Kier alpha value is -3.53. The van der Waals surface area contributed by atoms with Gasteiger partial charge in [-0.3, -0.25) is 14.7 Å². The molecule has 8 nitrogen and oxygen atoms in total. The van der Waals surface area contributed by atoms with E-state index in [4.69, 9.17) is 32.9 Å². The van der Waals surface area contributed by atoms with E-state index in [9.17, 15) is 4.79 Å². The van der Waals surface area contributed by atoms with Crippen LogP contribution < -0.4 is 9.64 Å². The van der Waals surface area contributed by atoms with E-state index in [-0.39, 0.29) is 34.7 Å². The van der Waals surface area contributed by atoms with Gasteiger partial charge in [0, 0.05) is 48.3 Å². The Kier molecular flexibility index (Phi) is 7.59. The van der Waals surface area contributed by atoms with E-state index >= 15 is 4.39 Å². The van der Waals surface area contributed by atoms with E-state index in [1.54, 1.807) is 29.3 Å². The number of likely N-dealkylation sites (N-methyl/N-ethyl adjacent to an activating group) is 1. The van der Waals surface area contributed by atoms with Crippen molar-refractivity contribution in [2.24, 2.45) is 0 Å². The number of carbonyl (C=O) groups excluding carboxylic acids is 1. The van der Waals surface area contributed by atoms with Gasteiger partial charge in [0.15, 0.2) is 5.82 Å². The maximum absolute atomic E-state index is 16.7. The fourth-order valence-electron chi connectivity index (χ4n) is 7.30. The topological polar surface area (TPSA) is 74.7 Å². The Labute approximate surface area is 265 Å². The predicted molar refractivity (Wildman–Crippen MR) is 172 cm³/mol. The first-order valence-corrected chi connectivity index (χ1v) is 15.8. The van der Waals surface area contributed by atoms with Crippen molar-refractivity contribution in [3.05, 3.63) is 65.0 Å². The lowest BCUT2D eigenvalue weighted by Crippen LogP contribution is -2.43. The summed E-state index contributed by atoms with van der Waals surface area (Å²) in [6, 6.07) is 9.04. The number of anilines is 1. The number of carbonyl (C=O) groups is 1. The van der Waals surface area contributed by atoms with Gasteiger partial charge in [-0.25, -0.2) is 4.39 Å². The van der Waals surface area contributed by atoms with Crippen molar-refractivity contribution in [1.82, 2.24) is 24.8 Å². The number of halogens is 3. The van der Waals surface area contributed by atoms with Crippen LogP contribution in [0.1, 0.15) is 32.1 Å². The quantitative estimate of drug-likeness (QED) is 0.214. The summed E-state index contributed by atoms with van der Waals surface area (Å²) in [5.74, 6) is -0.183. The number of fused-ring (bicyclic) bond motifs is 3. The molecule has 3 aliphatic heterocycles. The number of benzene rings is 2. The number of likely N-dealkylation sites (tertiary alicyclic amines) is 1. The molecule has 1 atom stereocenters. The largest absolute Gasteiger partial charge is 0.461 e. The highest BCUT2D eigenvalue weighted by Crippen LogP contribution is 2.41. The molecule has 0 bridgehead atoms. The molecule has 3 aliphatic rings. The van der Waals surface area contributed by atoms with Crippen molar-refractivity contribution >= 4 is 56.6 Å². The van der Waals surface area contributed by atoms with Crippen LogP contribution in [0.2, 0.25) is 10.0 Å². The minimum atomic E-state index is -0.584. The average molecular weight is 636 g/mol. The number of pyridine rings is 1. The van der Waals surface area contributed by atoms with Crippen molar-refractivity contribution in [3.8, 4) is 17.3 Å². The van der Waals surface area contributed by atoms with Crippen molar-refractivity contribution < 1.29 is 13.9 Å². The van der Waals surface area contributed by atoms with E-state index in [0.717, 1.165) is 50.6 Å². The summed E-state index contributed by atoms with van der Waals surface area (Å²) < 4.78 is 23.0. The predicted octanol–water partition coefficient (Wildman–Crippen LogP) is 6.52. The van der Waals surface area contributed by atoms with Crippen LogP contribution in [-0.2, 0) is 4.79 Å². The molecule has 11 heteroatoms. The first-order chi connectivity index (χ1) is 21.3. The molecule has 228 valence electrons. The zero-order valence-corrected chi connectivity index (χ0v) is 26.0. The lowest BCUT2D eigenvalue weighted by molar-refractivity contribution is -0.125. The van der Waals surface area contributed by atoms with E-state index in [1.807, 2.05) is 24.1 Å². The number of amides is 1. The summed E-state index contributed by atoms with van der Waals surface area (Å²) in [6.07, 6.45) is 8.09. The van der Waals surface area contributed by atoms with Gasteiger partial charge in [0.05, 0.1) is 15.9 Å². The Morgan fingerprint density at radius 2 is 2.00 bits per heavy atom. The summed E-state index contributed by atoms with van der Waals surface area (Å²) >= 11 is 12.9. The molecule has 7 rings (SSSR count). The third kappa shape index (κ3) is 4.95. The lowest BCUT2D eigenvalue weighted by Gasteiger charge is -2.31. The highest BCUT2D eigenvalue weighted by atomic mass is 35.5. The first kappa shape index (κ1) is 29.2. The molecule has 1 unspecified atom stereocenters. The molecule has 0 radical (unpaired) electrons. The number of hydrogen-bond acceptors (Lipinski definition) is 7. The second kappa shape index (κ2) is 11.4. The van der Waals surface area contributed by atoms with Crippen LogP contribution in [0.5, 0.6) is 6.01 Å². The molecule has 0 N–H and O–H groups in total. The highest BCUT2D eigenvalue weighted by molar-refractivity contribution is 6.39. The minimum absolute atomic E-state index is 0.0235. The monoisotopic (exact) mass is 634 g/mol. The van der Waals surface area contributed by atoms with Gasteiger partial charge >= 0.3 is 6.01 Å². The van der Waals surface area contributed by atoms with Crippen LogP contribution in [0.4, 0.5) is 10.2 Å². The first-order valence-electron chi connectivity index (χ1n) is 15.0. The summed E-state index contributed by atoms with van der Waals surface area (Å²) in [7, 11) is 1.91. The van der Waals surface area contributed by atoms with Crippen LogP contribution in [-0.4, -0.2) is 82.1 Å². The minimum Gasteiger partial charge on any atom is -0.461 e. The molecule has 2 aromatic carbocycles. The maximum Gasteiger partial charge on any atom is 0.319 e. The number of rotatable bonds is 7. The second-order valence-electron chi connectivity index (χ2n) is 12.1. The summed E-state index contributed by atoms with van der Waals surface area (Å²) in [6.45, 7) is 7.32. The molecule has 1 amide bonds. The van der Waals surface area contributed by atoms with Crippen LogP contribution in [0, 0.1) is 5.82 Å². The smallest absolute Gasteiger partial charge is 0.319 e. The molecule has 2 aromatic heterocycles. The van der Waals surface area contributed by atoms with Crippen LogP contribution in [0.15, 0.2) is 49.2 Å². The third-order valence-electron chi connectivity index (χ3n) is 9.60. The van der Waals surface area contributed by atoms with Gasteiger partial charge < -0.3 is 14.5 Å². The normalized spacial score (nSPS) is 19.5. The van der Waals surface area contributed by atoms with Gasteiger partial charge in [0.2, 0.25) is 5.91 Å². The molecule has 0 spiro atoms. The molecule has 3 fully saturated rings.